The minimum absolute atomic E-state index is 0.0467. The lowest BCUT2D eigenvalue weighted by atomic mass is 9.97. The highest BCUT2D eigenvalue weighted by molar-refractivity contribution is 6.32. The van der Waals surface area contributed by atoms with Crippen LogP contribution in [0, 0.1) is 5.92 Å². The molecule has 126 valence electrons. The lowest BCUT2D eigenvalue weighted by molar-refractivity contribution is -0.588. The highest BCUT2D eigenvalue weighted by atomic mass is 35.5. The van der Waals surface area contributed by atoms with Crippen LogP contribution in [-0.4, -0.2) is 30.7 Å². The van der Waals surface area contributed by atoms with Crippen molar-refractivity contribution in [3.63, 3.8) is 0 Å². The number of nitrogens with zero attached hydrogens (tertiary/aromatic N) is 3. The van der Waals surface area contributed by atoms with Gasteiger partial charge in [-0.15, -0.1) is 0 Å². The van der Waals surface area contributed by atoms with E-state index in [0.717, 1.165) is 28.3 Å². The van der Waals surface area contributed by atoms with Crippen LogP contribution in [0.25, 0.3) is 0 Å². The van der Waals surface area contributed by atoms with Crippen LogP contribution in [0.4, 0.5) is 0 Å². The van der Waals surface area contributed by atoms with Crippen molar-refractivity contribution in [1.82, 2.24) is 5.32 Å². The van der Waals surface area contributed by atoms with Gasteiger partial charge in [0.1, 0.15) is 16.6 Å². The smallest absolute Gasteiger partial charge is 0.282 e. The molecule has 2 aliphatic heterocycles. The first-order valence-electron chi connectivity index (χ1n) is 7.99. The molecule has 0 bridgehead atoms. The first-order valence-corrected chi connectivity index (χ1v) is 8.37. The van der Waals surface area contributed by atoms with E-state index in [0.29, 0.717) is 17.6 Å². The van der Waals surface area contributed by atoms with Crippen molar-refractivity contribution in [2.45, 2.75) is 26.6 Å². The third-order valence-electron chi connectivity index (χ3n) is 4.14. The van der Waals surface area contributed by atoms with Gasteiger partial charge in [0.2, 0.25) is 0 Å². The molecule has 6 heteroatoms. The summed E-state index contributed by atoms with van der Waals surface area (Å²) in [4.78, 5) is 4.80. The Morgan fingerprint density at radius 2 is 2.04 bits per heavy atom. The highest BCUT2D eigenvalue weighted by Gasteiger charge is 2.40. The molecule has 24 heavy (non-hydrogen) atoms. The number of hydrogen-bond donors (Lipinski definition) is 1. The first-order chi connectivity index (χ1) is 11.5. The summed E-state index contributed by atoms with van der Waals surface area (Å²) < 4.78 is 7.10. The van der Waals surface area contributed by atoms with Gasteiger partial charge in [0, 0.05) is 5.92 Å². The molecule has 0 saturated heterocycles. The van der Waals surface area contributed by atoms with Crippen LogP contribution < -0.4 is 10.1 Å². The summed E-state index contributed by atoms with van der Waals surface area (Å²) in [6, 6.07) is 7.94. The Morgan fingerprint density at radius 1 is 1.33 bits per heavy atom. The molecule has 1 aromatic carbocycles. The van der Waals surface area contributed by atoms with Gasteiger partial charge in [-0.3, -0.25) is 4.99 Å². The Morgan fingerprint density at radius 3 is 2.67 bits per heavy atom. The second-order valence-electron chi connectivity index (χ2n) is 6.22. The average Bonchev–Trinajstić information content (AvgIpc) is 2.90. The molecule has 0 spiro atoms. The summed E-state index contributed by atoms with van der Waals surface area (Å²) in [6.07, 6.45) is 1.84. The van der Waals surface area contributed by atoms with E-state index in [-0.39, 0.29) is 6.17 Å². The van der Waals surface area contributed by atoms with Crippen LogP contribution in [-0.2, 0) is 6.54 Å². The Hall–Kier alpha value is -2.14. The first kappa shape index (κ1) is 16.7. The number of azo groups is 2. The molecule has 1 aromatic rings. The molecular weight excluding hydrogens is 324 g/mol. The van der Waals surface area contributed by atoms with E-state index in [1.165, 1.54) is 0 Å². The van der Waals surface area contributed by atoms with E-state index >= 15 is 0 Å². The van der Waals surface area contributed by atoms with Gasteiger partial charge >= 0.3 is 0 Å². The fraction of sp³-hybridized carbons (Fsp3) is 0.389. The van der Waals surface area contributed by atoms with Crippen molar-refractivity contribution in [3.8, 4) is 5.75 Å². The maximum absolute atomic E-state index is 6.25. The number of allylic oxidation sites excluding steroid dienone is 2. The third-order valence-corrected chi connectivity index (χ3v) is 4.36. The van der Waals surface area contributed by atoms with Gasteiger partial charge < -0.3 is 10.1 Å². The van der Waals surface area contributed by atoms with Gasteiger partial charge in [-0.05, 0) is 28.9 Å². The van der Waals surface area contributed by atoms with Crippen LogP contribution in [0.5, 0.6) is 5.75 Å². The predicted molar refractivity (Wildman–Crippen MR) is 95.5 cm³/mol. The summed E-state index contributed by atoms with van der Waals surface area (Å²) in [5.41, 5.74) is 4.20. The van der Waals surface area contributed by atoms with Gasteiger partial charge in [0.05, 0.1) is 24.9 Å². The summed E-state index contributed by atoms with van der Waals surface area (Å²) in [5, 5.41) is 8.50. The molecular formula is C18H22ClN4O+. The summed E-state index contributed by atoms with van der Waals surface area (Å²) in [5.74, 6) is 1.17. The van der Waals surface area contributed by atoms with Crippen LogP contribution in [0.15, 0.2) is 56.9 Å². The molecule has 0 saturated carbocycles. The maximum Gasteiger partial charge on any atom is 0.282 e. The lowest BCUT2D eigenvalue weighted by Gasteiger charge is -2.19. The molecule has 1 unspecified atom stereocenters. The summed E-state index contributed by atoms with van der Waals surface area (Å²) in [7, 11) is 3.61. The van der Waals surface area contributed by atoms with Crippen LogP contribution in [0.1, 0.15) is 19.4 Å². The monoisotopic (exact) mass is 345 g/mol. The molecule has 1 N–H and O–H groups in total. The number of rotatable bonds is 4. The zero-order valence-electron chi connectivity index (χ0n) is 14.4. The van der Waals surface area contributed by atoms with Crippen molar-refractivity contribution in [2.75, 3.05) is 14.2 Å². The van der Waals surface area contributed by atoms with Crippen LogP contribution in [0.2, 0.25) is 0 Å². The van der Waals surface area contributed by atoms with Gasteiger partial charge in [0.25, 0.3) is 6.17 Å². The van der Waals surface area contributed by atoms with Crippen molar-refractivity contribution in [1.29, 1.82) is 0 Å². The van der Waals surface area contributed by atoms with E-state index in [1.807, 2.05) is 42.1 Å². The second-order valence-corrected chi connectivity index (χ2v) is 6.62. The third kappa shape index (κ3) is 3.22. The minimum Gasteiger partial charge on any atom is -0.497 e. The number of fused-ring (bicyclic) bond motifs is 1. The molecule has 1 atom stereocenters. The number of benzene rings is 1. The second kappa shape index (κ2) is 6.77. The molecule has 3 rings (SSSR count). The zero-order valence-corrected chi connectivity index (χ0v) is 15.1. The van der Waals surface area contributed by atoms with Crippen LogP contribution >= 0.6 is 11.6 Å². The summed E-state index contributed by atoms with van der Waals surface area (Å²) in [6.45, 7) is 4.87. The fourth-order valence-corrected chi connectivity index (χ4v) is 3.09. The van der Waals surface area contributed by atoms with Gasteiger partial charge in [-0.1, -0.05) is 42.3 Å². The Bertz CT molecular complexity index is 760. The van der Waals surface area contributed by atoms with Gasteiger partial charge in [0.15, 0.2) is 7.05 Å². The maximum atomic E-state index is 6.25. The molecule has 5 nitrogen and oxygen atoms in total. The highest BCUT2D eigenvalue weighted by Crippen LogP contribution is 2.31. The average molecular weight is 346 g/mol. The lowest BCUT2D eigenvalue weighted by Crippen LogP contribution is -2.40. The SMILES string of the molecule is COc1ccc(CN=C2C=C(Cl)NC3C2=C(C(C)C)N=[N+]3C)cc1. The summed E-state index contributed by atoms with van der Waals surface area (Å²) >= 11 is 6.25. The van der Waals surface area contributed by atoms with E-state index in [2.05, 4.69) is 24.3 Å². The van der Waals surface area contributed by atoms with Gasteiger partial charge in [-0.2, -0.15) is 0 Å². The Kier molecular flexibility index (Phi) is 4.71. The molecule has 2 aliphatic rings. The Balaban J connectivity index is 1.92. The number of ether oxygens (including phenoxy) is 1. The number of methoxy groups -OCH3 is 1. The number of aliphatic imine (C=N–C) groups is 1. The topological polar surface area (TPSA) is 49.0 Å². The number of halogens is 1. The fourth-order valence-electron chi connectivity index (χ4n) is 2.88. The predicted octanol–water partition coefficient (Wildman–Crippen LogP) is 3.66. The molecule has 0 amide bonds. The molecule has 0 fully saturated rings. The van der Waals surface area contributed by atoms with Gasteiger partial charge in [-0.25, -0.2) is 0 Å². The largest absolute Gasteiger partial charge is 0.497 e. The van der Waals surface area contributed by atoms with Crippen molar-refractivity contribution >= 4 is 17.3 Å². The van der Waals surface area contributed by atoms with Crippen molar-refractivity contribution in [3.05, 3.63) is 52.3 Å². The zero-order chi connectivity index (χ0) is 17.3. The molecule has 2 heterocycles. The van der Waals surface area contributed by atoms with E-state index < -0.39 is 0 Å². The van der Waals surface area contributed by atoms with Crippen molar-refractivity contribution < 1.29 is 9.43 Å². The number of likely N-dealkylation sites (N-methyl/N-ethyl adjacent to an activating group) is 1. The molecule has 0 radical (unpaired) electrons. The standard InChI is InChI=1S/C18H22ClN4O/c1-11(2)17-16-14(9-15(19)21-18(16)23(3)22-17)20-10-12-5-7-13(24-4)8-6-12/h5-9,11,18,21H,10H2,1-4H3/q+1. The number of nitrogens with one attached hydrogen (secondary N) is 1. The van der Waals surface area contributed by atoms with Crippen molar-refractivity contribution in [2.24, 2.45) is 16.0 Å². The Labute approximate surface area is 147 Å². The van der Waals surface area contributed by atoms with E-state index in [1.54, 1.807) is 7.11 Å². The van der Waals surface area contributed by atoms with Crippen LogP contribution in [0.3, 0.4) is 0 Å². The number of hydrogen-bond acceptors (Lipinski definition) is 4. The van der Waals surface area contributed by atoms with E-state index in [9.17, 15) is 0 Å². The normalized spacial score (nSPS) is 21.6. The molecule has 0 aliphatic carbocycles. The molecule has 0 aromatic heterocycles. The van der Waals surface area contributed by atoms with E-state index in [4.69, 9.17) is 21.3 Å². The quantitative estimate of drug-likeness (QED) is 0.668. The minimum atomic E-state index is -0.0467.